The van der Waals surface area contributed by atoms with Crippen molar-refractivity contribution in [2.45, 2.75) is 19.8 Å². The van der Waals surface area contributed by atoms with Crippen LogP contribution in [0.1, 0.15) is 35.7 Å². The van der Waals surface area contributed by atoms with Crippen molar-refractivity contribution in [3.8, 4) is 0 Å². The lowest BCUT2D eigenvalue weighted by Crippen LogP contribution is -2.47. The summed E-state index contributed by atoms with van der Waals surface area (Å²) in [5.74, 6) is -0.827. The summed E-state index contributed by atoms with van der Waals surface area (Å²) in [6.07, 6.45) is 4.73. The fraction of sp³-hybridized carbons (Fsp3) is 0.278. The van der Waals surface area contributed by atoms with Crippen LogP contribution in [0.3, 0.4) is 0 Å². The molecule has 9 heteroatoms. The Morgan fingerprint density at radius 3 is 2.44 bits per heavy atom. The van der Waals surface area contributed by atoms with Crippen LogP contribution < -0.4 is 10.9 Å². The number of nitrogens with zero attached hydrogens (tertiary/aromatic N) is 2. The third kappa shape index (κ3) is 4.25. The van der Waals surface area contributed by atoms with Crippen molar-refractivity contribution in [2.24, 2.45) is 4.40 Å². The first-order valence-electron chi connectivity index (χ1n) is 8.45. The molecule has 1 aromatic rings. The largest absolute Gasteiger partial charge is 0.331 e. The highest BCUT2D eigenvalue weighted by molar-refractivity contribution is 7.90. The number of benzene rings is 1. The monoisotopic (exact) mass is 388 g/mol. The lowest BCUT2D eigenvalue weighted by molar-refractivity contribution is -0.117. The minimum absolute atomic E-state index is 0.0526. The van der Waals surface area contributed by atoms with Gasteiger partial charge in [0, 0.05) is 18.3 Å². The second kappa shape index (κ2) is 7.36. The number of sulfonamides is 1. The van der Waals surface area contributed by atoms with E-state index in [4.69, 9.17) is 0 Å². The molecule has 8 nitrogen and oxygen atoms in total. The SMILES string of the molecule is CC(C)c1ccc(C(=O)NNC(=O)C2=CC=CN3CCS(=O)(=O)N=C23)cc1. The molecule has 2 amide bonds. The predicted octanol–water partition coefficient (Wildman–Crippen LogP) is 1.07. The number of allylic oxidation sites excluding steroid dienone is 2. The lowest BCUT2D eigenvalue weighted by atomic mass is 10.0. The van der Waals surface area contributed by atoms with Gasteiger partial charge in [0.2, 0.25) is 0 Å². The third-order valence-electron chi connectivity index (χ3n) is 4.23. The quantitative estimate of drug-likeness (QED) is 0.753. The second-order valence-electron chi connectivity index (χ2n) is 6.50. The zero-order valence-corrected chi connectivity index (χ0v) is 15.8. The van der Waals surface area contributed by atoms with Gasteiger partial charge in [0.1, 0.15) is 0 Å². The Kier molecular flexibility index (Phi) is 5.13. The van der Waals surface area contributed by atoms with Gasteiger partial charge in [-0.15, -0.1) is 4.40 Å². The summed E-state index contributed by atoms with van der Waals surface area (Å²) in [4.78, 5) is 26.2. The van der Waals surface area contributed by atoms with Gasteiger partial charge in [-0.25, -0.2) is 8.42 Å². The first-order valence-corrected chi connectivity index (χ1v) is 10.1. The van der Waals surface area contributed by atoms with Gasteiger partial charge in [-0.05, 0) is 35.8 Å². The molecule has 0 saturated carbocycles. The molecule has 0 atom stereocenters. The molecule has 0 aliphatic carbocycles. The molecule has 0 bridgehead atoms. The predicted molar refractivity (Wildman–Crippen MR) is 101 cm³/mol. The van der Waals surface area contributed by atoms with E-state index in [0.29, 0.717) is 11.5 Å². The van der Waals surface area contributed by atoms with E-state index in [9.17, 15) is 18.0 Å². The first kappa shape index (κ1) is 18.8. The van der Waals surface area contributed by atoms with Crippen LogP contribution in [-0.4, -0.2) is 43.3 Å². The van der Waals surface area contributed by atoms with Crippen molar-refractivity contribution in [1.82, 2.24) is 15.8 Å². The fourth-order valence-corrected chi connectivity index (χ4v) is 3.65. The maximum atomic E-state index is 12.4. The average Bonchev–Trinajstić information content (AvgIpc) is 2.64. The van der Waals surface area contributed by atoms with Gasteiger partial charge in [-0.1, -0.05) is 26.0 Å². The highest BCUT2D eigenvalue weighted by Crippen LogP contribution is 2.18. The van der Waals surface area contributed by atoms with Crippen LogP contribution >= 0.6 is 0 Å². The van der Waals surface area contributed by atoms with Crippen molar-refractivity contribution in [3.63, 3.8) is 0 Å². The minimum Gasteiger partial charge on any atom is -0.331 e. The van der Waals surface area contributed by atoms with Crippen molar-refractivity contribution in [3.05, 3.63) is 59.3 Å². The summed E-state index contributed by atoms with van der Waals surface area (Å²) in [7, 11) is -3.60. The lowest BCUT2D eigenvalue weighted by Gasteiger charge is -2.28. The summed E-state index contributed by atoms with van der Waals surface area (Å²) in [5, 5.41) is 0. The van der Waals surface area contributed by atoms with E-state index in [0.717, 1.165) is 5.56 Å². The summed E-state index contributed by atoms with van der Waals surface area (Å²) in [6, 6.07) is 7.07. The number of carbonyl (C=O) groups is 2. The van der Waals surface area contributed by atoms with Crippen molar-refractivity contribution in [2.75, 3.05) is 12.3 Å². The summed E-state index contributed by atoms with van der Waals surface area (Å²) in [6.45, 7) is 4.33. The van der Waals surface area contributed by atoms with Crippen molar-refractivity contribution < 1.29 is 18.0 Å². The maximum absolute atomic E-state index is 12.4. The highest BCUT2D eigenvalue weighted by Gasteiger charge is 2.30. The zero-order valence-electron chi connectivity index (χ0n) is 15.0. The van der Waals surface area contributed by atoms with Gasteiger partial charge in [0.15, 0.2) is 5.84 Å². The van der Waals surface area contributed by atoms with Crippen molar-refractivity contribution >= 4 is 27.7 Å². The van der Waals surface area contributed by atoms with Crippen LogP contribution in [-0.2, 0) is 14.8 Å². The molecule has 2 aliphatic rings. The Labute approximate surface area is 157 Å². The van der Waals surface area contributed by atoms with Crippen LogP contribution in [0.25, 0.3) is 0 Å². The van der Waals surface area contributed by atoms with Crippen LogP contribution in [0, 0.1) is 0 Å². The smallest absolute Gasteiger partial charge is 0.273 e. The van der Waals surface area contributed by atoms with E-state index in [2.05, 4.69) is 29.1 Å². The molecule has 27 heavy (non-hydrogen) atoms. The number of hydrazine groups is 1. The first-order chi connectivity index (χ1) is 12.8. The van der Waals surface area contributed by atoms with E-state index in [1.165, 1.54) is 6.08 Å². The molecule has 0 saturated heterocycles. The van der Waals surface area contributed by atoms with Gasteiger partial charge in [-0.2, -0.15) is 0 Å². The van der Waals surface area contributed by atoms with E-state index in [1.54, 1.807) is 29.3 Å². The second-order valence-corrected chi connectivity index (χ2v) is 8.26. The molecule has 2 N–H and O–H groups in total. The number of amidine groups is 1. The number of hydrogen-bond donors (Lipinski definition) is 2. The van der Waals surface area contributed by atoms with E-state index >= 15 is 0 Å². The van der Waals surface area contributed by atoms with E-state index in [-0.39, 0.29) is 23.7 Å². The number of fused-ring (bicyclic) bond motifs is 1. The standard InChI is InChI=1S/C18H20N4O4S/c1-12(2)13-5-7-14(8-6-13)17(23)19-20-18(24)15-4-3-9-22-10-11-27(25,26)21-16(15)22/h3-9,12H,10-11H2,1-2H3,(H,19,23)(H,20,24). The Balaban J connectivity index is 1.68. The van der Waals surface area contributed by atoms with Crippen LogP contribution in [0.15, 0.2) is 52.6 Å². The maximum Gasteiger partial charge on any atom is 0.273 e. The van der Waals surface area contributed by atoms with Crippen LogP contribution in [0.4, 0.5) is 0 Å². The molecule has 2 heterocycles. The zero-order chi connectivity index (χ0) is 19.6. The molecular weight excluding hydrogens is 368 g/mol. The normalized spacial score (nSPS) is 17.7. The number of amides is 2. The average molecular weight is 388 g/mol. The topological polar surface area (TPSA) is 108 Å². The molecule has 0 unspecified atom stereocenters. The summed E-state index contributed by atoms with van der Waals surface area (Å²) in [5.41, 5.74) is 6.21. The molecule has 0 spiro atoms. The third-order valence-corrected chi connectivity index (χ3v) is 5.38. The summed E-state index contributed by atoms with van der Waals surface area (Å²) >= 11 is 0. The molecule has 0 fully saturated rings. The minimum atomic E-state index is -3.60. The number of hydrogen-bond acceptors (Lipinski definition) is 5. The number of carbonyl (C=O) groups excluding carboxylic acids is 2. The Bertz CT molecular complexity index is 960. The fourth-order valence-electron chi connectivity index (χ4n) is 2.67. The Hall–Kier alpha value is -2.94. The van der Waals surface area contributed by atoms with Crippen LogP contribution in [0.5, 0.6) is 0 Å². The molecule has 2 aliphatic heterocycles. The van der Waals surface area contributed by atoms with E-state index in [1.807, 2.05) is 12.1 Å². The molecule has 0 radical (unpaired) electrons. The van der Waals surface area contributed by atoms with Gasteiger partial charge < -0.3 is 4.90 Å². The number of rotatable bonds is 3. The Morgan fingerprint density at radius 1 is 1.11 bits per heavy atom. The Morgan fingerprint density at radius 2 is 1.78 bits per heavy atom. The summed E-state index contributed by atoms with van der Waals surface area (Å²) < 4.78 is 27.1. The molecule has 3 rings (SSSR count). The highest BCUT2D eigenvalue weighted by atomic mass is 32.2. The van der Waals surface area contributed by atoms with Crippen LogP contribution in [0.2, 0.25) is 0 Å². The van der Waals surface area contributed by atoms with Gasteiger partial charge in [0.25, 0.3) is 21.8 Å². The molecule has 142 valence electrons. The van der Waals surface area contributed by atoms with Crippen molar-refractivity contribution in [1.29, 1.82) is 0 Å². The van der Waals surface area contributed by atoms with Gasteiger partial charge >= 0.3 is 0 Å². The van der Waals surface area contributed by atoms with E-state index < -0.39 is 21.8 Å². The van der Waals surface area contributed by atoms with Gasteiger partial charge in [-0.3, -0.25) is 20.4 Å². The number of nitrogens with one attached hydrogen (secondary N) is 2. The molecular formula is C18H20N4O4S. The molecule has 1 aromatic carbocycles. The molecule has 0 aromatic heterocycles. The van der Waals surface area contributed by atoms with Gasteiger partial charge in [0.05, 0.1) is 11.3 Å².